The number of carbonyl (C=O) groups is 1. The molecule has 0 fully saturated rings. The average molecular weight is 305 g/mol. The molecular weight excluding hydrogens is 285 g/mol. The number of halogens is 1. The second-order valence-electron chi connectivity index (χ2n) is 5.18. The smallest absolute Gasteiger partial charge is 0.227 e. The standard InChI is InChI=1S/C16H20FN3O2/c1-4-20-11(3)16(10(2)19-20)18-15(22)9-14(21)12-6-5-7-13(17)8-12/h5-8,14,21H,4,9H2,1-3H3,(H,18,22). The lowest BCUT2D eigenvalue weighted by molar-refractivity contribution is -0.118. The first-order chi connectivity index (χ1) is 10.4. The third-order valence-electron chi connectivity index (χ3n) is 3.56. The Morgan fingerprint density at radius 2 is 2.18 bits per heavy atom. The fraction of sp³-hybridized carbons (Fsp3) is 0.375. The molecule has 0 aliphatic carbocycles. The van der Waals surface area contributed by atoms with Crippen molar-refractivity contribution in [1.29, 1.82) is 0 Å². The molecule has 1 atom stereocenters. The van der Waals surface area contributed by atoms with Gasteiger partial charge >= 0.3 is 0 Å². The van der Waals surface area contributed by atoms with Gasteiger partial charge in [0.05, 0.1) is 29.6 Å². The second-order valence-corrected chi connectivity index (χ2v) is 5.18. The van der Waals surface area contributed by atoms with Gasteiger partial charge in [0.1, 0.15) is 5.82 Å². The van der Waals surface area contributed by atoms with Gasteiger partial charge in [0.2, 0.25) is 5.91 Å². The molecule has 0 aliphatic heterocycles. The molecule has 0 radical (unpaired) electrons. The molecule has 2 aromatic rings. The Morgan fingerprint density at radius 1 is 1.45 bits per heavy atom. The van der Waals surface area contributed by atoms with E-state index in [1.54, 1.807) is 10.7 Å². The highest BCUT2D eigenvalue weighted by molar-refractivity contribution is 5.92. The summed E-state index contributed by atoms with van der Waals surface area (Å²) in [5.74, 6) is -0.772. The van der Waals surface area contributed by atoms with Crippen molar-refractivity contribution < 1.29 is 14.3 Å². The zero-order valence-electron chi connectivity index (χ0n) is 12.9. The highest BCUT2D eigenvalue weighted by Gasteiger charge is 2.17. The lowest BCUT2D eigenvalue weighted by atomic mass is 10.1. The molecule has 2 rings (SSSR count). The number of aliphatic hydroxyl groups is 1. The summed E-state index contributed by atoms with van der Waals surface area (Å²) in [7, 11) is 0. The Morgan fingerprint density at radius 3 is 2.77 bits per heavy atom. The Labute approximate surface area is 128 Å². The van der Waals surface area contributed by atoms with Gasteiger partial charge < -0.3 is 10.4 Å². The molecule has 118 valence electrons. The van der Waals surface area contributed by atoms with Gasteiger partial charge in [-0.15, -0.1) is 0 Å². The van der Waals surface area contributed by atoms with Crippen LogP contribution in [0.1, 0.15) is 36.4 Å². The van der Waals surface area contributed by atoms with Crippen molar-refractivity contribution in [2.75, 3.05) is 5.32 Å². The number of nitrogens with one attached hydrogen (secondary N) is 1. The minimum atomic E-state index is -1.04. The molecule has 5 nitrogen and oxygen atoms in total. The predicted molar refractivity (Wildman–Crippen MR) is 82.0 cm³/mol. The molecule has 1 amide bonds. The maximum absolute atomic E-state index is 13.1. The van der Waals surface area contributed by atoms with E-state index in [0.717, 1.165) is 11.4 Å². The second kappa shape index (κ2) is 6.70. The predicted octanol–water partition coefficient (Wildman–Crippen LogP) is 2.72. The summed E-state index contributed by atoms with van der Waals surface area (Å²) in [4.78, 5) is 12.1. The Bertz CT molecular complexity index is 682. The normalized spacial score (nSPS) is 12.2. The van der Waals surface area contributed by atoms with Crippen molar-refractivity contribution in [1.82, 2.24) is 9.78 Å². The van der Waals surface area contributed by atoms with E-state index >= 15 is 0 Å². The summed E-state index contributed by atoms with van der Waals surface area (Å²) in [5.41, 5.74) is 2.65. The van der Waals surface area contributed by atoms with Crippen molar-refractivity contribution in [3.8, 4) is 0 Å². The average Bonchev–Trinajstić information content (AvgIpc) is 2.74. The molecule has 0 saturated heterocycles. The van der Waals surface area contributed by atoms with E-state index in [1.165, 1.54) is 18.2 Å². The number of amides is 1. The first-order valence-electron chi connectivity index (χ1n) is 7.19. The van der Waals surface area contributed by atoms with Crippen LogP contribution in [0, 0.1) is 19.7 Å². The third-order valence-corrected chi connectivity index (χ3v) is 3.56. The van der Waals surface area contributed by atoms with Crippen LogP contribution in [0.2, 0.25) is 0 Å². The summed E-state index contributed by atoms with van der Waals surface area (Å²) >= 11 is 0. The van der Waals surface area contributed by atoms with Crippen LogP contribution >= 0.6 is 0 Å². The number of benzene rings is 1. The summed E-state index contributed by atoms with van der Waals surface area (Å²) in [5, 5.41) is 17.1. The van der Waals surface area contributed by atoms with Crippen molar-refractivity contribution >= 4 is 11.6 Å². The zero-order chi connectivity index (χ0) is 16.3. The van der Waals surface area contributed by atoms with Crippen LogP contribution in [0.5, 0.6) is 0 Å². The number of aliphatic hydroxyl groups excluding tert-OH is 1. The van der Waals surface area contributed by atoms with Gasteiger partial charge in [-0.3, -0.25) is 9.48 Å². The van der Waals surface area contributed by atoms with Crippen LogP contribution < -0.4 is 5.32 Å². The number of aromatic nitrogens is 2. The summed E-state index contributed by atoms with van der Waals surface area (Å²) in [6.07, 6.45) is -1.18. The van der Waals surface area contributed by atoms with Gasteiger partial charge in [-0.1, -0.05) is 12.1 Å². The number of hydrogen-bond acceptors (Lipinski definition) is 3. The van der Waals surface area contributed by atoms with Crippen LogP contribution in [-0.4, -0.2) is 20.8 Å². The molecule has 0 spiro atoms. The van der Waals surface area contributed by atoms with Crippen molar-refractivity contribution in [2.45, 2.75) is 39.8 Å². The van der Waals surface area contributed by atoms with E-state index < -0.39 is 11.9 Å². The van der Waals surface area contributed by atoms with Gasteiger partial charge in [0.15, 0.2) is 0 Å². The minimum Gasteiger partial charge on any atom is -0.388 e. The van der Waals surface area contributed by atoms with Crippen LogP contribution in [0.4, 0.5) is 10.1 Å². The molecule has 22 heavy (non-hydrogen) atoms. The molecule has 0 aliphatic rings. The van der Waals surface area contributed by atoms with E-state index in [9.17, 15) is 14.3 Å². The molecule has 1 aromatic heterocycles. The maximum atomic E-state index is 13.1. The van der Waals surface area contributed by atoms with Crippen LogP contribution in [0.15, 0.2) is 24.3 Å². The lowest BCUT2D eigenvalue weighted by Gasteiger charge is -2.11. The first kappa shape index (κ1) is 16.2. The van der Waals surface area contributed by atoms with Crippen molar-refractivity contribution in [3.05, 3.63) is 47.0 Å². The van der Waals surface area contributed by atoms with Crippen molar-refractivity contribution in [2.24, 2.45) is 0 Å². The molecular formula is C16H20FN3O2. The molecule has 0 saturated carbocycles. The fourth-order valence-electron chi connectivity index (χ4n) is 2.38. The molecule has 1 heterocycles. The molecule has 6 heteroatoms. The lowest BCUT2D eigenvalue weighted by Crippen LogP contribution is -2.16. The third kappa shape index (κ3) is 3.51. The van der Waals surface area contributed by atoms with Gasteiger partial charge in [0.25, 0.3) is 0 Å². The number of nitrogens with zero attached hydrogens (tertiary/aromatic N) is 2. The van der Waals surface area contributed by atoms with Gasteiger partial charge in [-0.05, 0) is 38.5 Å². The largest absolute Gasteiger partial charge is 0.388 e. The van der Waals surface area contributed by atoms with Gasteiger partial charge in [-0.2, -0.15) is 5.10 Å². The summed E-state index contributed by atoms with van der Waals surface area (Å²) < 4.78 is 14.9. The summed E-state index contributed by atoms with van der Waals surface area (Å²) in [6, 6.07) is 5.61. The zero-order valence-corrected chi connectivity index (χ0v) is 12.9. The molecule has 2 N–H and O–H groups in total. The number of anilines is 1. The Kier molecular flexibility index (Phi) is 4.92. The maximum Gasteiger partial charge on any atom is 0.227 e. The summed E-state index contributed by atoms with van der Waals surface area (Å²) in [6.45, 7) is 6.38. The highest BCUT2D eigenvalue weighted by Crippen LogP contribution is 2.22. The van der Waals surface area contributed by atoms with E-state index in [1.807, 2.05) is 20.8 Å². The number of aryl methyl sites for hydroxylation is 2. The Hall–Kier alpha value is -2.21. The van der Waals surface area contributed by atoms with Crippen LogP contribution in [0.25, 0.3) is 0 Å². The quantitative estimate of drug-likeness (QED) is 0.892. The van der Waals surface area contributed by atoms with Crippen LogP contribution in [-0.2, 0) is 11.3 Å². The first-order valence-corrected chi connectivity index (χ1v) is 7.19. The SMILES string of the molecule is CCn1nc(C)c(NC(=O)CC(O)c2cccc(F)c2)c1C. The van der Waals surface area contributed by atoms with E-state index in [0.29, 0.717) is 17.8 Å². The monoisotopic (exact) mass is 305 g/mol. The minimum absolute atomic E-state index is 0.139. The number of hydrogen-bond donors (Lipinski definition) is 2. The van der Waals surface area contributed by atoms with Gasteiger partial charge in [-0.25, -0.2) is 4.39 Å². The van der Waals surface area contributed by atoms with Gasteiger partial charge in [0, 0.05) is 6.54 Å². The molecule has 0 bridgehead atoms. The van der Waals surface area contributed by atoms with E-state index in [2.05, 4.69) is 10.4 Å². The van der Waals surface area contributed by atoms with Crippen LogP contribution in [0.3, 0.4) is 0 Å². The Balaban J connectivity index is 2.06. The van der Waals surface area contributed by atoms with E-state index in [4.69, 9.17) is 0 Å². The molecule has 1 aromatic carbocycles. The highest BCUT2D eigenvalue weighted by atomic mass is 19.1. The fourth-order valence-corrected chi connectivity index (χ4v) is 2.38. The number of carbonyl (C=O) groups excluding carboxylic acids is 1. The number of rotatable bonds is 5. The van der Waals surface area contributed by atoms with E-state index in [-0.39, 0.29) is 12.3 Å². The van der Waals surface area contributed by atoms with Crippen molar-refractivity contribution in [3.63, 3.8) is 0 Å². The topological polar surface area (TPSA) is 67.2 Å². The molecule has 1 unspecified atom stereocenters.